The molecule has 7 nitrogen and oxygen atoms in total. The molecule has 2 heterocycles. The fraction of sp³-hybridized carbons (Fsp3) is 0.103. The van der Waals surface area contributed by atoms with E-state index in [1.165, 1.54) is 12.1 Å². The Labute approximate surface area is 244 Å². The molecule has 4 aromatic rings. The van der Waals surface area contributed by atoms with Gasteiger partial charge in [-0.3, -0.25) is 9.36 Å². The van der Waals surface area contributed by atoms with Crippen LogP contribution in [0.15, 0.2) is 93.5 Å². The summed E-state index contributed by atoms with van der Waals surface area (Å²) in [5.41, 5.74) is 7.14. The normalized spacial score (nSPS) is 15.7. The number of benzene rings is 3. The smallest absolute Gasteiger partial charge is 0.338 e. The van der Waals surface area contributed by atoms with E-state index < -0.39 is 27.3 Å². The summed E-state index contributed by atoms with van der Waals surface area (Å²) in [7, 11) is -4.30. The van der Waals surface area contributed by atoms with E-state index in [9.17, 15) is 18.0 Å². The molecule has 1 atom stereocenters. The number of rotatable bonds is 6. The van der Waals surface area contributed by atoms with Crippen molar-refractivity contribution < 1.29 is 17.9 Å². The van der Waals surface area contributed by atoms with Crippen molar-refractivity contribution in [3.8, 4) is 0 Å². The van der Waals surface area contributed by atoms with Gasteiger partial charge in [0.15, 0.2) is 0 Å². The lowest BCUT2D eigenvalue weighted by Crippen LogP contribution is -2.41. The molecule has 11 heteroatoms. The highest BCUT2D eigenvalue weighted by molar-refractivity contribution is 7.95. The summed E-state index contributed by atoms with van der Waals surface area (Å²) in [4.78, 5) is 27.0. The second kappa shape index (κ2) is 11.1. The summed E-state index contributed by atoms with van der Waals surface area (Å²) in [5, 5.41) is 0.959. The third-order valence-corrected chi connectivity index (χ3v) is 9.84. The van der Waals surface area contributed by atoms with Crippen LogP contribution >= 0.6 is 34.5 Å². The minimum Gasteiger partial charge on any atom is -0.463 e. The molecule has 0 bridgehead atoms. The predicted molar refractivity (Wildman–Crippen MR) is 158 cm³/mol. The number of fused-ring (bicyclic) bond motifs is 1. The topological polar surface area (TPSA) is 108 Å². The lowest BCUT2D eigenvalue weighted by molar-refractivity contribution is -0.136. The van der Waals surface area contributed by atoms with Gasteiger partial charge in [-0.15, -0.1) is 11.3 Å². The zero-order valence-corrected chi connectivity index (χ0v) is 24.2. The molecule has 3 aromatic carbocycles. The predicted octanol–water partition coefficient (Wildman–Crippen LogP) is 4.12. The van der Waals surface area contributed by atoms with Gasteiger partial charge in [0.05, 0.1) is 27.5 Å². The number of nitrogens with two attached hydrogens (primary N) is 1. The number of thiazole rings is 1. The van der Waals surface area contributed by atoms with Crippen LogP contribution in [0, 0.1) is 0 Å². The Morgan fingerprint density at radius 2 is 1.60 bits per heavy atom. The Morgan fingerprint density at radius 3 is 2.20 bits per heavy atom. The fourth-order valence-corrected chi connectivity index (χ4v) is 7.63. The van der Waals surface area contributed by atoms with E-state index in [4.69, 9.17) is 33.7 Å². The molecule has 0 saturated carbocycles. The standard InChI is InChI=1S/C29H22Cl2N2O5S2/c1-2-38-29(35)24-23(18-10-14-20(31)15-11-18)25(40(36,37)21-6-4-3-5-7-21)26(32)33-27(34)22(39-28(24)33)16-17-8-12-19(30)13-9-17/h3-16,23H,2,32H2,1H3/b22-16+/t23-/m1/s1. The van der Waals surface area contributed by atoms with E-state index in [0.29, 0.717) is 21.2 Å². The lowest BCUT2D eigenvalue weighted by atomic mass is 9.89. The maximum absolute atomic E-state index is 14.2. The van der Waals surface area contributed by atoms with Crippen LogP contribution in [0.2, 0.25) is 10.0 Å². The van der Waals surface area contributed by atoms with Crippen LogP contribution in [-0.2, 0) is 19.4 Å². The van der Waals surface area contributed by atoms with E-state index in [1.807, 2.05) is 0 Å². The van der Waals surface area contributed by atoms with Gasteiger partial charge in [0.25, 0.3) is 5.56 Å². The first kappa shape index (κ1) is 27.9. The maximum Gasteiger partial charge on any atom is 0.338 e. The first-order valence-corrected chi connectivity index (χ1v) is 15.1. The first-order chi connectivity index (χ1) is 19.1. The Hall–Kier alpha value is -3.63. The van der Waals surface area contributed by atoms with Crippen molar-refractivity contribution in [2.75, 3.05) is 6.61 Å². The average Bonchev–Trinajstić information content (AvgIpc) is 3.26. The highest BCUT2D eigenvalue weighted by Gasteiger charge is 2.42. The third kappa shape index (κ3) is 5.01. The number of nitrogens with zero attached hydrogens (tertiary/aromatic N) is 1. The largest absolute Gasteiger partial charge is 0.463 e. The molecule has 2 N–H and O–H groups in total. The van der Waals surface area contributed by atoms with Gasteiger partial charge in [0.1, 0.15) is 15.4 Å². The summed E-state index contributed by atoms with van der Waals surface area (Å²) in [6.45, 7) is 1.68. The monoisotopic (exact) mass is 612 g/mol. The van der Waals surface area contributed by atoms with Crippen LogP contribution in [0.1, 0.15) is 24.0 Å². The number of sulfone groups is 1. The number of hydrogen-bond donors (Lipinski definition) is 1. The van der Waals surface area contributed by atoms with Gasteiger partial charge in [-0.2, -0.15) is 0 Å². The zero-order valence-electron chi connectivity index (χ0n) is 21.0. The van der Waals surface area contributed by atoms with Crippen molar-refractivity contribution in [2.24, 2.45) is 5.73 Å². The summed E-state index contributed by atoms with van der Waals surface area (Å²) in [5.74, 6) is -2.21. The van der Waals surface area contributed by atoms with Gasteiger partial charge in [0, 0.05) is 10.0 Å². The third-order valence-electron chi connectivity index (χ3n) is 6.31. The summed E-state index contributed by atoms with van der Waals surface area (Å²) < 4.78 is 35.2. The molecular formula is C29H22Cl2N2O5S2. The molecule has 204 valence electrons. The molecule has 0 unspecified atom stereocenters. The lowest BCUT2D eigenvalue weighted by Gasteiger charge is -2.28. The van der Waals surface area contributed by atoms with Crippen LogP contribution in [0.4, 0.5) is 0 Å². The summed E-state index contributed by atoms with van der Waals surface area (Å²) in [6.07, 6.45) is 1.63. The van der Waals surface area contributed by atoms with Gasteiger partial charge in [-0.25, -0.2) is 13.2 Å². The quantitative estimate of drug-likeness (QED) is 0.328. The molecular weight excluding hydrogens is 591 g/mol. The highest BCUT2D eigenvalue weighted by atomic mass is 35.5. The second-order valence-electron chi connectivity index (χ2n) is 8.79. The molecule has 0 aliphatic carbocycles. The van der Waals surface area contributed by atoms with Gasteiger partial charge >= 0.3 is 5.97 Å². The Balaban J connectivity index is 1.92. The molecule has 0 radical (unpaired) electrons. The van der Waals surface area contributed by atoms with Crippen molar-refractivity contribution in [1.82, 2.24) is 4.57 Å². The molecule has 1 aliphatic heterocycles. The molecule has 0 spiro atoms. The van der Waals surface area contributed by atoms with Crippen molar-refractivity contribution in [3.63, 3.8) is 0 Å². The van der Waals surface area contributed by atoms with Crippen molar-refractivity contribution >= 4 is 67.8 Å². The van der Waals surface area contributed by atoms with Crippen LogP contribution in [-0.4, -0.2) is 25.6 Å². The molecule has 0 fully saturated rings. The average molecular weight is 614 g/mol. The number of esters is 1. The minimum absolute atomic E-state index is 0.00858. The van der Waals surface area contributed by atoms with E-state index in [2.05, 4.69) is 0 Å². The van der Waals surface area contributed by atoms with Crippen LogP contribution in [0.3, 0.4) is 0 Å². The number of ether oxygens (including phenoxy) is 1. The summed E-state index contributed by atoms with van der Waals surface area (Å²) >= 11 is 13.2. The number of allylic oxidation sites excluding steroid dienone is 1. The first-order valence-electron chi connectivity index (χ1n) is 12.1. The summed E-state index contributed by atoms with van der Waals surface area (Å²) in [6, 6.07) is 21.0. The highest BCUT2D eigenvalue weighted by Crippen LogP contribution is 2.42. The van der Waals surface area contributed by atoms with Crippen molar-refractivity contribution in [3.05, 3.63) is 124 Å². The van der Waals surface area contributed by atoms with Crippen LogP contribution in [0.5, 0.6) is 0 Å². The number of carbonyl (C=O) groups excluding carboxylic acids is 1. The van der Waals surface area contributed by atoms with Gasteiger partial charge < -0.3 is 10.5 Å². The molecule has 0 saturated heterocycles. The van der Waals surface area contributed by atoms with Gasteiger partial charge in [-0.1, -0.05) is 65.7 Å². The molecule has 1 aliphatic rings. The maximum atomic E-state index is 14.2. The van der Waals surface area contributed by atoms with Crippen molar-refractivity contribution in [1.29, 1.82) is 0 Å². The van der Waals surface area contributed by atoms with Gasteiger partial charge in [0.2, 0.25) is 9.84 Å². The van der Waals surface area contributed by atoms with E-state index >= 15 is 0 Å². The number of halogens is 2. The van der Waals surface area contributed by atoms with E-state index in [1.54, 1.807) is 79.7 Å². The van der Waals surface area contributed by atoms with Gasteiger partial charge in [-0.05, 0) is 60.5 Å². The Kier molecular flexibility index (Phi) is 7.74. The van der Waals surface area contributed by atoms with E-state index in [-0.39, 0.29) is 37.0 Å². The molecule has 40 heavy (non-hydrogen) atoms. The zero-order chi connectivity index (χ0) is 28.6. The molecule has 0 amide bonds. The van der Waals surface area contributed by atoms with Crippen LogP contribution < -0.4 is 20.5 Å². The SMILES string of the molecule is CCOC(=O)C1=c2s/c(=C/c3ccc(Cl)cc3)c(=O)n2C(N)=C(S(=O)(=O)c2ccccc2)[C@@H]1c1ccc(Cl)cc1. The Morgan fingerprint density at radius 1 is 1.00 bits per heavy atom. The second-order valence-corrected chi connectivity index (χ2v) is 12.6. The fourth-order valence-electron chi connectivity index (χ4n) is 4.51. The van der Waals surface area contributed by atoms with Crippen molar-refractivity contribution in [2.45, 2.75) is 17.7 Å². The van der Waals surface area contributed by atoms with E-state index in [0.717, 1.165) is 15.9 Å². The molecule has 1 aromatic heterocycles. The van der Waals surface area contributed by atoms with Crippen LogP contribution in [0.25, 0.3) is 17.5 Å². The Bertz CT molecular complexity index is 1930. The number of carbonyl (C=O) groups is 1. The minimum atomic E-state index is -4.30. The number of aromatic nitrogens is 1. The molecule has 5 rings (SSSR count). The number of hydrogen-bond acceptors (Lipinski definition) is 7.